The van der Waals surface area contributed by atoms with Gasteiger partial charge >= 0.3 is 5.97 Å². The summed E-state index contributed by atoms with van der Waals surface area (Å²) in [5, 5.41) is 15.9. The second kappa shape index (κ2) is 8.36. The number of hydrogen-bond acceptors (Lipinski definition) is 7. The molecule has 0 bridgehead atoms. The van der Waals surface area contributed by atoms with Crippen LogP contribution in [-0.4, -0.2) is 40.7 Å². The smallest absolute Gasteiger partial charge is 0.310 e. The van der Waals surface area contributed by atoms with E-state index < -0.39 is 11.4 Å². The van der Waals surface area contributed by atoms with Gasteiger partial charge in [0.1, 0.15) is 12.4 Å². The summed E-state index contributed by atoms with van der Waals surface area (Å²) in [6, 6.07) is 8.38. The zero-order valence-corrected chi connectivity index (χ0v) is 20.0. The first-order valence-corrected chi connectivity index (χ1v) is 12.8. The number of rotatable bonds is 6. The molecule has 0 radical (unpaired) electrons. The van der Waals surface area contributed by atoms with Crippen molar-refractivity contribution in [1.29, 1.82) is 0 Å². The van der Waals surface area contributed by atoms with Crippen LogP contribution in [0.1, 0.15) is 35.2 Å². The van der Waals surface area contributed by atoms with Crippen molar-refractivity contribution in [2.45, 2.75) is 39.3 Å². The van der Waals surface area contributed by atoms with Crippen molar-refractivity contribution in [3.8, 4) is 17.0 Å². The Hall–Kier alpha value is -2.97. The number of benzene rings is 1. The molecule has 176 valence electrons. The van der Waals surface area contributed by atoms with Gasteiger partial charge in [-0.05, 0) is 61.9 Å². The molecular formula is C26H28N4O3S. The normalized spacial score (nSPS) is 23.2. The standard InChI is InChI=1S/C26H28N4O3S/c1-16-3-2-4-20(23(16)33-14-17-9-18-5-7-27-12-21(18)28-11-17)22-15-34-25(29-22)30-8-6-26(24(31)32)10-19(26)13-30/h2-4,9,11,15,19,27H,5-8,10,12-14H2,1H3,(H,31,32)/t19-,26+/m0/s1. The minimum atomic E-state index is -0.635. The molecule has 0 amide bonds. The summed E-state index contributed by atoms with van der Waals surface area (Å²) in [5.74, 6) is 0.457. The summed E-state index contributed by atoms with van der Waals surface area (Å²) in [5.41, 5.74) is 6.00. The third-order valence-electron chi connectivity index (χ3n) is 7.54. The number of para-hydroxylation sites is 1. The van der Waals surface area contributed by atoms with Crippen LogP contribution in [-0.2, 0) is 24.4 Å². The molecule has 2 atom stereocenters. The maximum absolute atomic E-state index is 11.6. The van der Waals surface area contributed by atoms with E-state index in [9.17, 15) is 9.90 Å². The van der Waals surface area contributed by atoms with E-state index in [1.165, 1.54) is 5.56 Å². The Morgan fingerprint density at radius 1 is 1.41 bits per heavy atom. The first-order chi connectivity index (χ1) is 16.5. The highest BCUT2D eigenvalue weighted by Crippen LogP contribution is 2.58. The lowest BCUT2D eigenvalue weighted by Crippen LogP contribution is -2.37. The number of piperidine rings is 1. The Morgan fingerprint density at radius 3 is 3.18 bits per heavy atom. The number of carbonyl (C=O) groups is 1. The van der Waals surface area contributed by atoms with Crippen molar-refractivity contribution in [2.75, 3.05) is 24.5 Å². The number of thiazole rings is 1. The molecule has 2 aromatic heterocycles. The molecule has 0 spiro atoms. The number of aliphatic carboxylic acids is 1. The number of carboxylic acids is 1. The Labute approximate surface area is 202 Å². The number of fused-ring (bicyclic) bond motifs is 2. The predicted molar refractivity (Wildman–Crippen MR) is 131 cm³/mol. The van der Waals surface area contributed by atoms with Gasteiger partial charge in [0.05, 0.1) is 16.8 Å². The molecule has 7 nitrogen and oxygen atoms in total. The average molecular weight is 477 g/mol. The van der Waals surface area contributed by atoms with Crippen molar-refractivity contribution in [2.24, 2.45) is 11.3 Å². The van der Waals surface area contributed by atoms with Crippen molar-refractivity contribution < 1.29 is 14.6 Å². The van der Waals surface area contributed by atoms with Crippen LogP contribution in [0.2, 0.25) is 0 Å². The molecule has 1 aliphatic carbocycles. The number of aryl methyl sites for hydroxylation is 1. The lowest BCUT2D eigenvalue weighted by molar-refractivity contribution is -0.144. The van der Waals surface area contributed by atoms with E-state index in [0.717, 1.165) is 78.0 Å². The zero-order valence-electron chi connectivity index (χ0n) is 19.2. The fourth-order valence-electron chi connectivity index (χ4n) is 5.37. The molecule has 2 N–H and O–H groups in total. The van der Waals surface area contributed by atoms with Gasteiger partial charge < -0.3 is 20.1 Å². The van der Waals surface area contributed by atoms with E-state index in [1.807, 2.05) is 12.3 Å². The summed E-state index contributed by atoms with van der Waals surface area (Å²) in [6.45, 7) is 5.87. The first-order valence-electron chi connectivity index (χ1n) is 11.9. The molecular weight excluding hydrogens is 448 g/mol. The van der Waals surface area contributed by atoms with E-state index in [-0.39, 0.29) is 5.92 Å². The Kier molecular flexibility index (Phi) is 5.30. The van der Waals surface area contributed by atoms with Crippen molar-refractivity contribution in [3.05, 3.63) is 58.2 Å². The number of nitrogens with one attached hydrogen (secondary N) is 1. The Balaban J connectivity index is 1.20. The number of carboxylic acid groups (broad SMARTS) is 1. The van der Waals surface area contributed by atoms with E-state index in [1.54, 1.807) is 11.3 Å². The molecule has 3 aromatic rings. The molecule has 8 heteroatoms. The van der Waals surface area contributed by atoms with E-state index >= 15 is 0 Å². The first kappa shape index (κ1) is 21.6. The molecule has 0 unspecified atom stereocenters. The zero-order chi connectivity index (χ0) is 23.3. The van der Waals surface area contributed by atoms with Crippen molar-refractivity contribution >= 4 is 22.4 Å². The van der Waals surface area contributed by atoms with Gasteiger partial charge in [0, 0.05) is 42.3 Å². The van der Waals surface area contributed by atoms with Crippen LogP contribution >= 0.6 is 11.3 Å². The highest BCUT2D eigenvalue weighted by molar-refractivity contribution is 7.14. The lowest BCUT2D eigenvalue weighted by atomic mass is 9.96. The number of pyridine rings is 1. The maximum atomic E-state index is 11.6. The summed E-state index contributed by atoms with van der Waals surface area (Å²) in [7, 11) is 0. The van der Waals surface area contributed by atoms with Crippen LogP contribution in [0.3, 0.4) is 0 Å². The summed E-state index contributed by atoms with van der Waals surface area (Å²) >= 11 is 1.62. The van der Waals surface area contributed by atoms with Crippen LogP contribution in [0, 0.1) is 18.3 Å². The highest BCUT2D eigenvalue weighted by Gasteiger charge is 2.62. The monoisotopic (exact) mass is 476 g/mol. The molecule has 2 aliphatic heterocycles. The number of ether oxygens (including phenoxy) is 1. The van der Waals surface area contributed by atoms with E-state index in [0.29, 0.717) is 13.0 Å². The molecule has 34 heavy (non-hydrogen) atoms. The molecule has 1 saturated carbocycles. The third-order valence-corrected chi connectivity index (χ3v) is 8.44. The second-order valence-electron chi connectivity index (χ2n) is 9.69. The predicted octanol–water partition coefficient (Wildman–Crippen LogP) is 4.04. The molecule has 1 aromatic carbocycles. The molecule has 1 saturated heterocycles. The molecule has 6 rings (SSSR count). The average Bonchev–Trinajstić information content (AvgIpc) is 3.41. The van der Waals surface area contributed by atoms with Gasteiger partial charge in [0.25, 0.3) is 0 Å². The van der Waals surface area contributed by atoms with E-state index in [2.05, 4.69) is 45.7 Å². The van der Waals surface area contributed by atoms with Gasteiger partial charge in [-0.2, -0.15) is 0 Å². The van der Waals surface area contributed by atoms with Gasteiger partial charge in [0.2, 0.25) is 0 Å². The number of anilines is 1. The number of aromatic nitrogens is 2. The summed E-state index contributed by atoms with van der Waals surface area (Å²) in [4.78, 5) is 23.4. The topological polar surface area (TPSA) is 87.6 Å². The third kappa shape index (κ3) is 3.75. The fourth-order valence-corrected chi connectivity index (χ4v) is 6.23. The SMILES string of the molecule is Cc1cccc(-c2csc(N3CC[C@@]4(C(=O)O)C[C@H]4C3)n2)c1OCc1cnc2c(c1)CCNC2. The largest absolute Gasteiger partial charge is 0.488 e. The molecule has 3 aliphatic rings. The van der Waals surface area contributed by atoms with Crippen LogP contribution in [0.25, 0.3) is 11.3 Å². The number of hydrogen-bond donors (Lipinski definition) is 2. The van der Waals surface area contributed by atoms with Gasteiger partial charge in [-0.15, -0.1) is 11.3 Å². The Morgan fingerprint density at radius 2 is 2.32 bits per heavy atom. The minimum absolute atomic E-state index is 0.241. The van der Waals surface area contributed by atoms with Gasteiger partial charge in [-0.1, -0.05) is 12.1 Å². The van der Waals surface area contributed by atoms with Crippen molar-refractivity contribution in [1.82, 2.24) is 15.3 Å². The van der Waals surface area contributed by atoms with Gasteiger partial charge in [0.15, 0.2) is 5.13 Å². The number of nitrogens with zero attached hydrogens (tertiary/aromatic N) is 3. The second-order valence-corrected chi connectivity index (χ2v) is 10.5. The van der Waals surface area contributed by atoms with Gasteiger partial charge in [-0.25, -0.2) is 4.98 Å². The molecule has 4 heterocycles. The maximum Gasteiger partial charge on any atom is 0.310 e. The minimum Gasteiger partial charge on any atom is -0.488 e. The molecule has 2 fully saturated rings. The van der Waals surface area contributed by atoms with Crippen LogP contribution in [0.4, 0.5) is 5.13 Å². The Bertz CT molecular complexity index is 1260. The van der Waals surface area contributed by atoms with Crippen molar-refractivity contribution in [3.63, 3.8) is 0 Å². The summed E-state index contributed by atoms with van der Waals surface area (Å²) in [6.07, 6.45) is 4.40. The van der Waals surface area contributed by atoms with Crippen LogP contribution in [0.15, 0.2) is 35.8 Å². The van der Waals surface area contributed by atoms with E-state index in [4.69, 9.17) is 9.72 Å². The lowest BCUT2D eigenvalue weighted by Gasteiger charge is -2.29. The van der Waals surface area contributed by atoms with Crippen LogP contribution in [0.5, 0.6) is 5.75 Å². The fraction of sp³-hybridized carbons (Fsp3) is 0.423. The van der Waals surface area contributed by atoms with Crippen LogP contribution < -0.4 is 15.0 Å². The van der Waals surface area contributed by atoms with Gasteiger partial charge in [-0.3, -0.25) is 9.78 Å². The highest BCUT2D eigenvalue weighted by atomic mass is 32.1. The quantitative estimate of drug-likeness (QED) is 0.555. The summed E-state index contributed by atoms with van der Waals surface area (Å²) < 4.78 is 6.35.